The standard InChI is InChI=1S/C17H15NO.C12H10O.Al.H/c1-12-11-15(13-7-4-3-5-8-13)14-9-6-10-16(19)17(14)18(12)2;13-12-8-6-11(7-9-12)10-4-2-1-3-5-10;;/h3-11H,1-2H3;1-9,13H;;/q;;+2;/p-1. The molecule has 0 aliphatic rings. The van der Waals surface area contributed by atoms with Gasteiger partial charge in [0.25, 0.3) is 5.52 Å². The molecule has 0 radical (unpaired) electrons. The van der Waals surface area contributed by atoms with Crippen molar-refractivity contribution in [2.75, 3.05) is 0 Å². The van der Waals surface area contributed by atoms with E-state index >= 15 is 0 Å². The first kappa shape index (κ1) is 21.3. The SMILES string of the molecule is Cc1cc(-c2ccccc2)c2cccc([O][AlH][O]c3ccc(-c4ccccc4)cc3)c2[n+]1C. The number of hydrogen-bond donors (Lipinski definition) is 0. The van der Waals surface area contributed by atoms with Crippen molar-refractivity contribution in [1.29, 1.82) is 0 Å². The Hall–Kier alpha value is -3.58. The van der Waals surface area contributed by atoms with E-state index in [-0.39, 0.29) is 0 Å². The molecule has 4 heteroatoms. The number of rotatable bonds is 6. The van der Waals surface area contributed by atoms with Gasteiger partial charge >= 0.3 is 15.9 Å². The Morgan fingerprint density at radius 2 is 1.27 bits per heavy atom. The highest BCUT2D eigenvalue weighted by Crippen LogP contribution is 2.32. The van der Waals surface area contributed by atoms with Crippen molar-refractivity contribution in [3.8, 4) is 33.8 Å². The number of aromatic nitrogens is 1. The van der Waals surface area contributed by atoms with Gasteiger partial charge in [-0.25, -0.2) is 0 Å². The summed E-state index contributed by atoms with van der Waals surface area (Å²) in [5.74, 6) is 1.70. The van der Waals surface area contributed by atoms with Crippen molar-refractivity contribution >= 4 is 26.8 Å². The highest BCUT2D eigenvalue weighted by Gasteiger charge is 2.20. The lowest BCUT2D eigenvalue weighted by atomic mass is 9.99. The van der Waals surface area contributed by atoms with Crippen LogP contribution in [0, 0.1) is 6.92 Å². The van der Waals surface area contributed by atoms with Crippen LogP contribution in [0.4, 0.5) is 0 Å². The second-order valence-corrected chi connectivity index (χ2v) is 8.89. The van der Waals surface area contributed by atoms with Gasteiger partial charge in [-0.1, -0.05) is 78.9 Å². The molecular formula is C29H25AlNO2+. The van der Waals surface area contributed by atoms with Crippen LogP contribution in [0.2, 0.25) is 0 Å². The van der Waals surface area contributed by atoms with Gasteiger partial charge in [0, 0.05) is 18.6 Å². The smallest absolute Gasteiger partial charge is 0.614 e. The van der Waals surface area contributed by atoms with E-state index in [0.29, 0.717) is 0 Å². The minimum absolute atomic E-state index is 0.840. The Morgan fingerprint density at radius 1 is 0.636 bits per heavy atom. The van der Waals surface area contributed by atoms with Crippen LogP contribution in [0.1, 0.15) is 5.69 Å². The number of hydrogen-bond acceptors (Lipinski definition) is 2. The maximum atomic E-state index is 6.26. The minimum atomic E-state index is -1.27. The fourth-order valence-corrected chi connectivity index (χ4v) is 4.90. The number of benzene rings is 4. The van der Waals surface area contributed by atoms with Crippen molar-refractivity contribution in [3.63, 3.8) is 0 Å². The summed E-state index contributed by atoms with van der Waals surface area (Å²) in [6.07, 6.45) is 0. The lowest BCUT2D eigenvalue weighted by molar-refractivity contribution is -0.651. The molecule has 3 nitrogen and oxygen atoms in total. The van der Waals surface area contributed by atoms with E-state index in [2.05, 4.69) is 97.4 Å². The zero-order chi connectivity index (χ0) is 22.6. The van der Waals surface area contributed by atoms with Crippen molar-refractivity contribution in [1.82, 2.24) is 0 Å². The molecule has 0 spiro atoms. The van der Waals surface area contributed by atoms with E-state index in [1.165, 1.54) is 33.3 Å². The third-order valence-electron chi connectivity index (χ3n) is 5.99. The molecule has 160 valence electrons. The van der Waals surface area contributed by atoms with E-state index in [4.69, 9.17) is 7.58 Å². The average molecular weight is 447 g/mol. The second-order valence-electron chi connectivity index (χ2n) is 8.07. The predicted molar refractivity (Wildman–Crippen MR) is 136 cm³/mol. The Balaban J connectivity index is 1.38. The topological polar surface area (TPSA) is 22.3 Å². The molecule has 1 heterocycles. The molecule has 5 aromatic rings. The number of pyridine rings is 1. The fourth-order valence-electron chi connectivity index (χ4n) is 4.15. The van der Waals surface area contributed by atoms with Crippen molar-refractivity contribution < 1.29 is 12.1 Å². The third-order valence-corrected chi connectivity index (χ3v) is 6.87. The van der Waals surface area contributed by atoms with Crippen LogP contribution in [0.5, 0.6) is 11.5 Å². The van der Waals surface area contributed by atoms with E-state index in [1.54, 1.807) is 0 Å². The van der Waals surface area contributed by atoms with E-state index in [1.807, 2.05) is 30.3 Å². The number of nitrogens with zero attached hydrogens (tertiary/aromatic N) is 1. The largest absolute Gasteiger partial charge is 0.832 e. The molecule has 0 bridgehead atoms. The first-order chi connectivity index (χ1) is 16.2. The summed E-state index contributed by atoms with van der Waals surface area (Å²) in [6, 6.07) is 37.6. The summed E-state index contributed by atoms with van der Waals surface area (Å²) in [5, 5.41) is 1.17. The Labute approximate surface area is 201 Å². The van der Waals surface area contributed by atoms with Gasteiger partial charge < -0.3 is 7.58 Å². The van der Waals surface area contributed by atoms with Crippen molar-refractivity contribution in [2.45, 2.75) is 6.92 Å². The summed E-state index contributed by atoms with van der Waals surface area (Å²) in [7, 11) is 2.09. The van der Waals surface area contributed by atoms with Crippen LogP contribution in [-0.2, 0) is 7.05 Å². The summed E-state index contributed by atoms with van der Waals surface area (Å²) in [5.41, 5.74) is 7.06. The zero-order valence-corrected chi connectivity index (χ0v) is 20.3. The molecule has 4 aromatic carbocycles. The van der Waals surface area contributed by atoms with Crippen LogP contribution < -0.4 is 12.1 Å². The number of para-hydroxylation sites is 1. The Bertz CT molecular complexity index is 1380. The number of fused-ring (bicyclic) bond motifs is 1. The summed E-state index contributed by atoms with van der Waals surface area (Å²) < 4.78 is 14.5. The van der Waals surface area contributed by atoms with Gasteiger partial charge in [-0.05, 0) is 41.0 Å². The predicted octanol–water partition coefficient (Wildman–Crippen LogP) is 6.03. The third kappa shape index (κ3) is 4.50. The van der Waals surface area contributed by atoms with Gasteiger partial charge in [0.1, 0.15) is 7.05 Å². The zero-order valence-electron chi connectivity index (χ0n) is 18.9. The molecule has 0 N–H and O–H groups in total. The highest BCUT2D eigenvalue weighted by atomic mass is 27.2. The molecule has 5 rings (SSSR count). The molecule has 0 unspecified atom stereocenters. The molecule has 0 aliphatic heterocycles. The summed E-state index contributed by atoms with van der Waals surface area (Å²) >= 11 is -1.27. The van der Waals surface area contributed by atoms with Crippen molar-refractivity contribution in [2.24, 2.45) is 7.05 Å². The van der Waals surface area contributed by atoms with Gasteiger partial charge in [0.2, 0.25) is 0 Å². The molecule has 1 aromatic heterocycles. The second kappa shape index (κ2) is 9.50. The maximum absolute atomic E-state index is 6.26. The highest BCUT2D eigenvalue weighted by molar-refractivity contribution is 6.21. The number of aryl methyl sites for hydroxylation is 2. The van der Waals surface area contributed by atoms with E-state index < -0.39 is 15.9 Å². The minimum Gasteiger partial charge on any atom is -0.614 e. The Kier molecular flexibility index (Phi) is 6.13. The van der Waals surface area contributed by atoms with Crippen LogP contribution in [0.3, 0.4) is 0 Å². The Morgan fingerprint density at radius 3 is 1.97 bits per heavy atom. The molecule has 0 fully saturated rings. The van der Waals surface area contributed by atoms with Gasteiger partial charge in [0.05, 0.1) is 11.1 Å². The van der Waals surface area contributed by atoms with Crippen molar-refractivity contribution in [3.05, 3.63) is 115 Å². The summed E-state index contributed by atoms with van der Waals surface area (Å²) in [6.45, 7) is 2.13. The lowest BCUT2D eigenvalue weighted by Crippen LogP contribution is -2.33. The van der Waals surface area contributed by atoms with E-state index in [9.17, 15) is 0 Å². The lowest BCUT2D eigenvalue weighted by Gasteiger charge is -2.13. The molecule has 0 saturated heterocycles. The molecule has 0 atom stereocenters. The van der Waals surface area contributed by atoms with Gasteiger partial charge in [-0.3, -0.25) is 0 Å². The van der Waals surface area contributed by atoms with Crippen LogP contribution in [0.25, 0.3) is 33.2 Å². The maximum Gasteiger partial charge on any atom is 0.832 e. The van der Waals surface area contributed by atoms with Gasteiger partial charge in [-0.2, -0.15) is 4.57 Å². The molecule has 0 aliphatic carbocycles. The van der Waals surface area contributed by atoms with Crippen LogP contribution >= 0.6 is 0 Å². The first-order valence-corrected chi connectivity index (χ1v) is 12.2. The summed E-state index contributed by atoms with van der Waals surface area (Å²) in [4.78, 5) is 0. The van der Waals surface area contributed by atoms with Gasteiger partial charge in [-0.15, -0.1) is 0 Å². The normalized spacial score (nSPS) is 10.7. The van der Waals surface area contributed by atoms with Crippen LogP contribution in [-0.4, -0.2) is 15.9 Å². The monoisotopic (exact) mass is 446 g/mol. The average Bonchev–Trinajstić information content (AvgIpc) is 2.87. The molecule has 0 amide bonds. The van der Waals surface area contributed by atoms with Crippen LogP contribution in [0.15, 0.2) is 109 Å². The molecule has 0 saturated carbocycles. The van der Waals surface area contributed by atoms with E-state index in [0.717, 1.165) is 17.0 Å². The molecule has 33 heavy (non-hydrogen) atoms. The first-order valence-electron chi connectivity index (χ1n) is 11.1. The fraction of sp³-hybridized carbons (Fsp3) is 0.0690. The van der Waals surface area contributed by atoms with Gasteiger partial charge in [0.15, 0.2) is 11.4 Å². The quantitative estimate of drug-likeness (QED) is 0.235. The molecular weight excluding hydrogens is 421 g/mol.